The molecule has 1 amide bonds. The Bertz CT molecular complexity index is 1620. The standard InChI is InChI=1S/C29H32F3N5O4Si/c1-40-23-11-9-22(10-12-23)37-16-21-15-34-28(36(17-29(30,31)32)18-41-13-14-42(2,3)4)35-25(21)24(27(37)39)19-5-7-20(8-6-19)26(33)38/h5-12,15-16H,13-14,17-18H2,1-4H3,(H2,33,38). The molecule has 2 heterocycles. The van der Waals surface area contributed by atoms with Crippen LogP contribution in [-0.2, 0) is 4.74 Å². The van der Waals surface area contributed by atoms with Gasteiger partial charge in [0.2, 0.25) is 11.9 Å². The fourth-order valence-electron chi connectivity index (χ4n) is 4.19. The zero-order valence-corrected chi connectivity index (χ0v) is 24.7. The van der Waals surface area contributed by atoms with Gasteiger partial charge < -0.3 is 20.1 Å². The molecule has 4 aromatic rings. The number of aromatic nitrogens is 3. The van der Waals surface area contributed by atoms with Crippen LogP contribution in [0.5, 0.6) is 5.75 Å². The van der Waals surface area contributed by atoms with Crippen LogP contribution in [0.1, 0.15) is 10.4 Å². The molecule has 0 aliphatic carbocycles. The summed E-state index contributed by atoms with van der Waals surface area (Å²) in [6.07, 6.45) is -1.64. The number of pyridine rings is 1. The van der Waals surface area contributed by atoms with Gasteiger partial charge in [0.1, 0.15) is 19.0 Å². The number of halogens is 3. The fourth-order valence-corrected chi connectivity index (χ4v) is 4.94. The van der Waals surface area contributed by atoms with Gasteiger partial charge in [-0.15, -0.1) is 0 Å². The van der Waals surface area contributed by atoms with Crippen molar-refractivity contribution in [2.24, 2.45) is 5.73 Å². The SMILES string of the molecule is COc1ccc(-n2cc3cnc(N(COCC[Si](C)(C)C)CC(F)(F)F)nc3c(-c3ccc(C(N)=O)cc3)c2=O)cc1. The summed E-state index contributed by atoms with van der Waals surface area (Å²) in [5.41, 5.74) is 6.33. The Morgan fingerprint density at radius 2 is 1.74 bits per heavy atom. The first-order chi connectivity index (χ1) is 19.8. The number of benzene rings is 2. The number of ether oxygens (including phenoxy) is 2. The fraction of sp³-hybridized carbons (Fsp3) is 0.310. The number of fused-ring (bicyclic) bond motifs is 1. The summed E-state index contributed by atoms with van der Waals surface area (Å²) in [5, 5.41) is 0.412. The van der Waals surface area contributed by atoms with Crippen LogP contribution in [-0.4, -0.2) is 61.7 Å². The van der Waals surface area contributed by atoms with E-state index in [0.29, 0.717) is 29.0 Å². The number of anilines is 1. The molecule has 2 N–H and O–H groups in total. The lowest BCUT2D eigenvalue weighted by Crippen LogP contribution is -2.37. The number of carbonyl (C=O) groups excluding carboxylic acids is 1. The first-order valence-corrected chi connectivity index (χ1v) is 16.8. The van der Waals surface area contributed by atoms with Gasteiger partial charge in [0.05, 0.1) is 18.2 Å². The van der Waals surface area contributed by atoms with E-state index >= 15 is 0 Å². The first-order valence-electron chi connectivity index (χ1n) is 13.1. The van der Waals surface area contributed by atoms with E-state index in [1.165, 1.54) is 36.2 Å². The number of methoxy groups -OCH3 is 1. The van der Waals surface area contributed by atoms with Crippen molar-refractivity contribution in [1.29, 1.82) is 0 Å². The third-order valence-electron chi connectivity index (χ3n) is 6.45. The number of nitrogens with two attached hydrogens (primary N) is 1. The van der Waals surface area contributed by atoms with Crippen LogP contribution in [0.15, 0.2) is 65.7 Å². The van der Waals surface area contributed by atoms with Crippen LogP contribution < -0.4 is 20.9 Å². The summed E-state index contributed by atoms with van der Waals surface area (Å²) in [6.45, 7) is 5.03. The third kappa shape index (κ3) is 7.53. The Morgan fingerprint density at radius 3 is 2.31 bits per heavy atom. The van der Waals surface area contributed by atoms with Crippen molar-refractivity contribution in [1.82, 2.24) is 14.5 Å². The minimum Gasteiger partial charge on any atom is -0.497 e. The second-order valence-corrected chi connectivity index (χ2v) is 16.6. The van der Waals surface area contributed by atoms with E-state index < -0.39 is 32.3 Å². The van der Waals surface area contributed by atoms with E-state index in [4.69, 9.17) is 15.2 Å². The van der Waals surface area contributed by atoms with Gasteiger partial charge in [0.25, 0.3) is 5.56 Å². The summed E-state index contributed by atoms with van der Waals surface area (Å²) in [7, 11) is 0.0642. The molecule has 222 valence electrons. The van der Waals surface area contributed by atoms with E-state index in [2.05, 4.69) is 29.6 Å². The topological polar surface area (TPSA) is 113 Å². The van der Waals surface area contributed by atoms with Crippen molar-refractivity contribution in [2.75, 3.05) is 31.9 Å². The molecule has 9 nitrogen and oxygen atoms in total. The molecule has 0 saturated carbocycles. The predicted molar refractivity (Wildman–Crippen MR) is 158 cm³/mol. The van der Waals surface area contributed by atoms with Gasteiger partial charge in [-0.25, -0.2) is 9.97 Å². The predicted octanol–water partition coefficient (Wildman–Crippen LogP) is 5.24. The molecule has 0 radical (unpaired) electrons. The monoisotopic (exact) mass is 599 g/mol. The van der Waals surface area contributed by atoms with Crippen LogP contribution in [0.4, 0.5) is 19.1 Å². The summed E-state index contributed by atoms with van der Waals surface area (Å²) < 4.78 is 52.9. The van der Waals surface area contributed by atoms with E-state index in [1.807, 2.05) is 0 Å². The van der Waals surface area contributed by atoms with Crippen LogP contribution in [0.25, 0.3) is 27.7 Å². The number of nitrogens with zero attached hydrogens (tertiary/aromatic N) is 4. The lowest BCUT2D eigenvalue weighted by molar-refractivity contribution is -0.122. The van der Waals surface area contributed by atoms with Crippen molar-refractivity contribution in [3.63, 3.8) is 0 Å². The average molecular weight is 600 g/mol. The molecular weight excluding hydrogens is 567 g/mol. The maximum absolute atomic E-state index is 13.9. The maximum atomic E-state index is 13.9. The van der Waals surface area contributed by atoms with Gasteiger partial charge in [-0.05, 0) is 48.0 Å². The van der Waals surface area contributed by atoms with Gasteiger partial charge in [0.15, 0.2) is 0 Å². The van der Waals surface area contributed by atoms with Crippen LogP contribution >= 0.6 is 0 Å². The molecule has 0 unspecified atom stereocenters. The summed E-state index contributed by atoms with van der Waals surface area (Å²) in [6, 6.07) is 13.6. The summed E-state index contributed by atoms with van der Waals surface area (Å²) >= 11 is 0. The molecule has 4 rings (SSSR count). The number of carbonyl (C=O) groups is 1. The second kappa shape index (κ2) is 12.3. The van der Waals surface area contributed by atoms with Crippen molar-refractivity contribution in [3.05, 3.63) is 76.8 Å². The number of rotatable bonds is 11. The Labute approximate surface area is 241 Å². The van der Waals surface area contributed by atoms with Gasteiger partial charge in [-0.1, -0.05) is 31.8 Å². The highest BCUT2D eigenvalue weighted by molar-refractivity contribution is 6.76. The van der Waals surface area contributed by atoms with E-state index in [9.17, 15) is 22.8 Å². The molecule has 2 aromatic carbocycles. The highest BCUT2D eigenvalue weighted by Crippen LogP contribution is 2.28. The molecular formula is C29H32F3N5O4Si. The van der Waals surface area contributed by atoms with Crippen molar-refractivity contribution in [2.45, 2.75) is 31.9 Å². The van der Waals surface area contributed by atoms with Crippen LogP contribution in [0.3, 0.4) is 0 Å². The minimum absolute atomic E-state index is 0.120. The lowest BCUT2D eigenvalue weighted by atomic mass is 10.0. The normalized spacial score (nSPS) is 12.0. The average Bonchev–Trinajstić information content (AvgIpc) is 2.93. The maximum Gasteiger partial charge on any atom is 0.406 e. The van der Waals surface area contributed by atoms with E-state index in [1.54, 1.807) is 36.4 Å². The second-order valence-electron chi connectivity index (χ2n) is 11.0. The zero-order valence-electron chi connectivity index (χ0n) is 23.7. The molecule has 0 fully saturated rings. The molecule has 0 spiro atoms. The molecule has 0 aliphatic rings. The van der Waals surface area contributed by atoms with Gasteiger partial charge in [-0.3, -0.25) is 14.2 Å². The van der Waals surface area contributed by atoms with E-state index in [-0.39, 0.29) is 29.3 Å². The van der Waals surface area contributed by atoms with Gasteiger partial charge in [0, 0.05) is 43.7 Å². The van der Waals surface area contributed by atoms with Crippen molar-refractivity contribution < 1.29 is 27.4 Å². The highest BCUT2D eigenvalue weighted by Gasteiger charge is 2.32. The quantitative estimate of drug-likeness (QED) is 0.143. The first kappa shape index (κ1) is 30.7. The number of hydrogen-bond donors (Lipinski definition) is 1. The summed E-state index contributed by atoms with van der Waals surface area (Å²) in [5.74, 6) is -0.277. The summed E-state index contributed by atoms with van der Waals surface area (Å²) in [4.78, 5) is 35.2. The highest BCUT2D eigenvalue weighted by atomic mass is 28.3. The van der Waals surface area contributed by atoms with Crippen LogP contribution in [0.2, 0.25) is 25.7 Å². The zero-order chi connectivity index (χ0) is 30.7. The third-order valence-corrected chi connectivity index (χ3v) is 8.15. The Kier molecular flexibility index (Phi) is 9.02. The number of primary amides is 1. The Morgan fingerprint density at radius 1 is 1.07 bits per heavy atom. The van der Waals surface area contributed by atoms with Gasteiger partial charge >= 0.3 is 6.18 Å². The Hall–Kier alpha value is -4.23. The number of amides is 1. The molecule has 0 bridgehead atoms. The minimum atomic E-state index is -4.55. The molecule has 13 heteroatoms. The smallest absolute Gasteiger partial charge is 0.406 e. The van der Waals surface area contributed by atoms with Gasteiger partial charge in [-0.2, -0.15) is 13.2 Å². The number of hydrogen-bond acceptors (Lipinski definition) is 7. The molecule has 42 heavy (non-hydrogen) atoms. The largest absolute Gasteiger partial charge is 0.497 e. The van der Waals surface area contributed by atoms with Crippen molar-refractivity contribution in [3.8, 4) is 22.6 Å². The van der Waals surface area contributed by atoms with E-state index in [0.717, 1.165) is 10.9 Å². The number of alkyl halides is 3. The van der Waals surface area contributed by atoms with Crippen molar-refractivity contribution >= 4 is 30.8 Å². The molecule has 0 atom stereocenters. The molecule has 0 saturated heterocycles. The molecule has 0 aliphatic heterocycles. The Balaban J connectivity index is 1.86. The van der Waals surface area contributed by atoms with Crippen LogP contribution in [0, 0.1) is 0 Å². The lowest BCUT2D eigenvalue weighted by Gasteiger charge is -2.25. The molecule has 2 aromatic heterocycles.